The van der Waals surface area contributed by atoms with E-state index in [9.17, 15) is 5.11 Å². The van der Waals surface area contributed by atoms with Crippen LogP contribution in [0.2, 0.25) is 0 Å². The number of ether oxygens (including phenoxy) is 2. The van der Waals surface area contributed by atoms with Crippen molar-refractivity contribution in [2.45, 2.75) is 44.6 Å². The van der Waals surface area contributed by atoms with Gasteiger partial charge < -0.3 is 19.9 Å². The summed E-state index contributed by atoms with van der Waals surface area (Å²) in [7, 11) is 3.10. The van der Waals surface area contributed by atoms with E-state index in [1.165, 1.54) is 0 Å². The quantitative estimate of drug-likeness (QED) is 0.682. The molecule has 1 aliphatic heterocycles. The van der Waals surface area contributed by atoms with E-state index in [1.54, 1.807) is 21.1 Å². The minimum Gasteiger partial charge on any atom is -0.383 e. The molecule has 0 radical (unpaired) electrons. The molecule has 1 rings (SSSR count). The highest BCUT2D eigenvalue weighted by Gasteiger charge is 2.42. The Bertz CT molecular complexity index is 192. The first-order valence-corrected chi connectivity index (χ1v) is 5.53. The topological polar surface area (TPSA) is 50.7 Å². The van der Waals surface area contributed by atoms with Gasteiger partial charge in [0.15, 0.2) is 6.29 Å². The molecule has 15 heavy (non-hydrogen) atoms. The lowest BCUT2D eigenvalue weighted by Gasteiger charge is -2.41. The first kappa shape index (κ1) is 12.9. The minimum absolute atomic E-state index is 0.0335. The van der Waals surface area contributed by atoms with Gasteiger partial charge in [-0.15, -0.1) is 0 Å². The van der Waals surface area contributed by atoms with Crippen LogP contribution >= 0.6 is 0 Å². The van der Waals surface area contributed by atoms with Gasteiger partial charge in [-0.05, 0) is 32.2 Å². The molecule has 90 valence electrons. The molecule has 3 unspecified atom stereocenters. The SMILES string of the molecule is COC(OC)C(C)(O)C1CC(C)CCN1. The molecule has 0 aromatic heterocycles. The van der Waals surface area contributed by atoms with Crippen molar-refractivity contribution in [2.75, 3.05) is 20.8 Å². The first-order chi connectivity index (χ1) is 7.02. The zero-order chi connectivity index (χ0) is 11.5. The molecule has 0 aromatic rings. The van der Waals surface area contributed by atoms with Crippen LogP contribution in [-0.4, -0.2) is 43.8 Å². The number of hydrogen-bond acceptors (Lipinski definition) is 4. The molecule has 0 amide bonds. The number of nitrogens with one attached hydrogen (secondary N) is 1. The maximum Gasteiger partial charge on any atom is 0.186 e. The van der Waals surface area contributed by atoms with Crippen LogP contribution in [-0.2, 0) is 9.47 Å². The molecule has 1 heterocycles. The minimum atomic E-state index is -0.988. The molecule has 2 N–H and O–H groups in total. The molecule has 0 aromatic carbocycles. The third-order valence-corrected chi connectivity index (χ3v) is 3.28. The average Bonchev–Trinajstić information content (AvgIpc) is 2.19. The van der Waals surface area contributed by atoms with Gasteiger partial charge in [-0.3, -0.25) is 0 Å². The van der Waals surface area contributed by atoms with Crippen LogP contribution in [0.1, 0.15) is 26.7 Å². The van der Waals surface area contributed by atoms with E-state index < -0.39 is 11.9 Å². The summed E-state index contributed by atoms with van der Waals surface area (Å²) in [6.07, 6.45) is 1.54. The van der Waals surface area contributed by atoms with Gasteiger partial charge in [0.05, 0.1) is 0 Å². The lowest BCUT2D eigenvalue weighted by atomic mass is 9.84. The molecule has 1 aliphatic rings. The van der Waals surface area contributed by atoms with Crippen LogP contribution in [0.3, 0.4) is 0 Å². The van der Waals surface area contributed by atoms with Gasteiger partial charge in [-0.25, -0.2) is 0 Å². The number of hydrogen-bond donors (Lipinski definition) is 2. The zero-order valence-electron chi connectivity index (χ0n) is 10.1. The van der Waals surface area contributed by atoms with Crippen LogP contribution in [0.4, 0.5) is 0 Å². The summed E-state index contributed by atoms with van der Waals surface area (Å²) >= 11 is 0. The predicted octanol–water partition coefficient (Wildman–Crippen LogP) is 0.744. The lowest BCUT2D eigenvalue weighted by molar-refractivity contribution is -0.221. The second-order valence-corrected chi connectivity index (χ2v) is 4.67. The molecule has 0 aliphatic carbocycles. The Morgan fingerprint density at radius 1 is 1.40 bits per heavy atom. The van der Waals surface area contributed by atoms with Crippen molar-refractivity contribution in [2.24, 2.45) is 5.92 Å². The molecule has 4 nitrogen and oxygen atoms in total. The Kier molecular flexibility index (Phi) is 4.52. The van der Waals surface area contributed by atoms with Crippen LogP contribution in [0.25, 0.3) is 0 Å². The summed E-state index contributed by atoms with van der Waals surface area (Å²) in [6.45, 7) is 4.92. The Hall–Kier alpha value is -0.160. The summed E-state index contributed by atoms with van der Waals surface area (Å²) in [6, 6.07) is 0.0335. The van der Waals surface area contributed by atoms with Crippen LogP contribution in [0.15, 0.2) is 0 Å². The number of piperidine rings is 1. The van der Waals surface area contributed by atoms with Gasteiger partial charge in [0, 0.05) is 20.3 Å². The fourth-order valence-corrected chi connectivity index (χ4v) is 2.29. The number of aliphatic hydroxyl groups is 1. The van der Waals surface area contributed by atoms with Gasteiger partial charge in [0.25, 0.3) is 0 Å². The molecule has 0 bridgehead atoms. The monoisotopic (exact) mass is 217 g/mol. The Morgan fingerprint density at radius 2 is 2.00 bits per heavy atom. The van der Waals surface area contributed by atoms with Crippen LogP contribution < -0.4 is 5.32 Å². The van der Waals surface area contributed by atoms with E-state index in [-0.39, 0.29) is 6.04 Å². The van der Waals surface area contributed by atoms with Crippen molar-refractivity contribution < 1.29 is 14.6 Å². The summed E-state index contributed by atoms with van der Waals surface area (Å²) in [5, 5.41) is 13.7. The lowest BCUT2D eigenvalue weighted by Crippen LogP contribution is -2.59. The molecule has 0 saturated carbocycles. The smallest absolute Gasteiger partial charge is 0.186 e. The summed E-state index contributed by atoms with van der Waals surface area (Å²) in [4.78, 5) is 0. The van der Waals surface area contributed by atoms with Crippen molar-refractivity contribution in [3.05, 3.63) is 0 Å². The zero-order valence-corrected chi connectivity index (χ0v) is 10.1. The number of rotatable bonds is 4. The fraction of sp³-hybridized carbons (Fsp3) is 1.00. The Balaban J connectivity index is 2.65. The van der Waals surface area contributed by atoms with Crippen molar-refractivity contribution in [3.8, 4) is 0 Å². The highest BCUT2D eigenvalue weighted by atomic mass is 16.7. The average molecular weight is 217 g/mol. The van der Waals surface area contributed by atoms with E-state index in [0.29, 0.717) is 5.92 Å². The normalized spacial score (nSPS) is 31.6. The molecular weight excluding hydrogens is 194 g/mol. The van der Waals surface area contributed by atoms with E-state index in [4.69, 9.17) is 9.47 Å². The van der Waals surface area contributed by atoms with Crippen molar-refractivity contribution in [1.82, 2.24) is 5.32 Å². The van der Waals surface area contributed by atoms with Crippen LogP contribution in [0.5, 0.6) is 0 Å². The van der Waals surface area contributed by atoms with Crippen molar-refractivity contribution in [3.63, 3.8) is 0 Å². The largest absolute Gasteiger partial charge is 0.383 e. The summed E-state index contributed by atoms with van der Waals surface area (Å²) < 4.78 is 10.3. The molecule has 4 heteroatoms. The second-order valence-electron chi connectivity index (χ2n) is 4.67. The highest BCUT2D eigenvalue weighted by molar-refractivity contribution is 4.93. The van der Waals surface area contributed by atoms with Gasteiger partial charge >= 0.3 is 0 Å². The van der Waals surface area contributed by atoms with Gasteiger partial charge in [-0.1, -0.05) is 6.92 Å². The Labute approximate surface area is 92.0 Å². The molecule has 1 fully saturated rings. The second kappa shape index (κ2) is 5.25. The molecule has 1 saturated heterocycles. The first-order valence-electron chi connectivity index (χ1n) is 5.53. The van der Waals surface area contributed by atoms with E-state index in [2.05, 4.69) is 12.2 Å². The summed E-state index contributed by atoms with van der Waals surface area (Å²) in [5.74, 6) is 0.636. The fourth-order valence-electron chi connectivity index (χ4n) is 2.29. The maximum absolute atomic E-state index is 10.4. The maximum atomic E-state index is 10.4. The highest BCUT2D eigenvalue weighted by Crippen LogP contribution is 2.27. The Morgan fingerprint density at radius 3 is 2.47 bits per heavy atom. The van der Waals surface area contributed by atoms with Crippen LogP contribution in [0, 0.1) is 5.92 Å². The van der Waals surface area contributed by atoms with Gasteiger partial charge in [-0.2, -0.15) is 0 Å². The summed E-state index contributed by atoms with van der Waals surface area (Å²) in [5.41, 5.74) is -0.988. The van der Waals surface area contributed by atoms with E-state index >= 15 is 0 Å². The van der Waals surface area contributed by atoms with E-state index in [0.717, 1.165) is 19.4 Å². The third-order valence-electron chi connectivity index (χ3n) is 3.28. The number of methoxy groups -OCH3 is 2. The van der Waals surface area contributed by atoms with Crippen molar-refractivity contribution in [1.29, 1.82) is 0 Å². The standard InChI is InChI=1S/C11H23NO3/c1-8-5-6-12-9(7-8)11(2,13)10(14-3)15-4/h8-10,12-13H,5-7H2,1-4H3. The molecule has 0 spiro atoms. The molecular formula is C11H23NO3. The molecule has 3 atom stereocenters. The van der Waals surface area contributed by atoms with Gasteiger partial charge in [0.1, 0.15) is 5.60 Å². The van der Waals surface area contributed by atoms with Gasteiger partial charge in [0.2, 0.25) is 0 Å². The third kappa shape index (κ3) is 2.91. The van der Waals surface area contributed by atoms with Crippen molar-refractivity contribution >= 4 is 0 Å². The van der Waals surface area contributed by atoms with E-state index in [1.807, 2.05) is 0 Å². The predicted molar refractivity (Wildman–Crippen MR) is 58.6 cm³/mol.